The molecule has 1 N–H and O–H groups in total. The number of benzene rings is 2. The monoisotopic (exact) mass is 361 g/mol. The number of ether oxygens (including phenoxy) is 2. The van der Waals surface area contributed by atoms with Crippen molar-refractivity contribution in [2.24, 2.45) is 0 Å². The summed E-state index contributed by atoms with van der Waals surface area (Å²) >= 11 is 0. The molecule has 0 saturated heterocycles. The number of hydrogen-bond acceptors (Lipinski definition) is 7. The van der Waals surface area contributed by atoms with Gasteiger partial charge in [-0.1, -0.05) is 6.07 Å². The van der Waals surface area contributed by atoms with E-state index >= 15 is 0 Å². The summed E-state index contributed by atoms with van der Waals surface area (Å²) in [6, 6.07) is 6.42. The van der Waals surface area contributed by atoms with Crippen molar-refractivity contribution in [1.29, 1.82) is 0 Å². The fourth-order valence-electron chi connectivity index (χ4n) is 2.29. The number of rotatable bonds is 6. The van der Waals surface area contributed by atoms with Gasteiger partial charge in [0.2, 0.25) is 0 Å². The van der Waals surface area contributed by atoms with Crippen LogP contribution in [0.3, 0.4) is 0 Å². The molecule has 0 aliphatic heterocycles. The summed E-state index contributed by atoms with van der Waals surface area (Å²) in [4.78, 5) is 33.6. The third-order valence-electron chi connectivity index (χ3n) is 3.54. The van der Waals surface area contributed by atoms with Gasteiger partial charge >= 0.3 is 0 Å². The minimum absolute atomic E-state index is 0.0744. The fourth-order valence-corrected chi connectivity index (χ4v) is 2.29. The number of carbonyl (C=O) groups excluding carboxylic acids is 1. The third-order valence-corrected chi connectivity index (χ3v) is 3.54. The molecule has 26 heavy (non-hydrogen) atoms. The van der Waals surface area contributed by atoms with Crippen molar-refractivity contribution in [3.05, 3.63) is 61.7 Å². The standard InChI is InChI=1S/C16H15N3O7/c1-9-4-5-11(13(6-9)19(23)24)17-16(20)10-7-14(25-2)15(26-3)8-12(10)18(21)22/h4-8H,1-3H3,(H,17,20). The van der Waals surface area contributed by atoms with E-state index in [9.17, 15) is 25.0 Å². The Kier molecular flexibility index (Phi) is 5.36. The molecule has 1 amide bonds. The molecule has 10 heteroatoms. The number of aryl methyl sites for hydroxylation is 1. The summed E-state index contributed by atoms with van der Waals surface area (Å²) in [5, 5.41) is 24.8. The first-order valence-electron chi connectivity index (χ1n) is 7.25. The van der Waals surface area contributed by atoms with Crippen LogP contribution < -0.4 is 14.8 Å². The summed E-state index contributed by atoms with van der Waals surface area (Å²) in [6.07, 6.45) is 0. The van der Waals surface area contributed by atoms with Gasteiger partial charge in [-0.2, -0.15) is 0 Å². The van der Waals surface area contributed by atoms with Gasteiger partial charge in [0.25, 0.3) is 17.3 Å². The van der Waals surface area contributed by atoms with Crippen LogP contribution in [0.4, 0.5) is 17.1 Å². The number of anilines is 1. The first-order chi connectivity index (χ1) is 12.3. The Morgan fingerprint density at radius 2 is 1.54 bits per heavy atom. The molecule has 0 bridgehead atoms. The molecule has 136 valence electrons. The lowest BCUT2D eigenvalue weighted by atomic mass is 10.1. The average molecular weight is 361 g/mol. The van der Waals surface area contributed by atoms with Gasteiger partial charge in [0.15, 0.2) is 11.5 Å². The largest absolute Gasteiger partial charge is 0.493 e. The second-order valence-electron chi connectivity index (χ2n) is 5.21. The molecule has 0 fully saturated rings. The normalized spacial score (nSPS) is 10.1. The highest BCUT2D eigenvalue weighted by molar-refractivity contribution is 6.08. The summed E-state index contributed by atoms with van der Waals surface area (Å²) in [5.41, 5.74) is -0.597. The number of carbonyl (C=O) groups is 1. The van der Waals surface area contributed by atoms with E-state index in [1.807, 2.05) is 0 Å². The highest BCUT2D eigenvalue weighted by Crippen LogP contribution is 2.35. The van der Waals surface area contributed by atoms with Crippen LogP contribution in [-0.4, -0.2) is 30.0 Å². The molecule has 0 atom stereocenters. The van der Waals surface area contributed by atoms with Crippen LogP contribution in [0.5, 0.6) is 11.5 Å². The van der Waals surface area contributed by atoms with Crippen LogP contribution in [0, 0.1) is 27.2 Å². The number of hydrogen-bond donors (Lipinski definition) is 1. The maximum absolute atomic E-state index is 12.5. The molecule has 0 aliphatic carbocycles. The zero-order valence-corrected chi connectivity index (χ0v) is 14.1. The summed E-state index contributed by atoms with van der Waals surface area (Å²) in [5.74, 6) is -0.691. The first kappa shape index (κ1) is 18.6. The minimum atomic E-state index is -0.885. The van der Waals surface area contributed by atoms with Crippen LogP contribution in [-0.2, 0) is 0 Å². The molecule has 10 nitrogen and oxygen atoms in total. The van der Waals surface area contributed by atoms with Crippen LogP contribution in [0.1, 0.15) is 15.9 Å². The number of nitro benzene ring substituents is 2. The van der Waals surface area contributed by atoms with Crippen LogP contribution in [0.2, 0.25) is 0 Å². The van der Waals surface area contributed by atoms with E-state index in [-0.39, 0.29) is 28.4 Å². The maximum atomic E-state index is 12.5. The van der Waals surface area contributed by atoms with Crippen molar-refractivity contribution in [2.45, 2.75) is 6.92 Å². The van der Waals surface area contributed by atoms with Crippen molar-refractivity contribution in [2.75, 3.05) is 19.5 Å². The minimum Gasteiger partial charge on any atom is -0.493 e. The molecule has 0 aromatic heterocycles. The van der Waals surface area contributed by atoms with Crippen LogP contribution in [0.15, 0.2) is 30.3 Å². The number of nitrogens with one attached hydrogen (secondary N) is 1. The highest BCUT2D eigenvalue weighted by Gasteiger charge is 2.26. The van der Waals surface area contributed by atoms with E-state index in [0.717, 1.165) is 12.1 Å². The smallest absolute Gasteiger partial charge is 0.293 e. The zero-order chi connectivity index (χ0) is 19.4. The van der Waals surface area contributed by atoms with Gasteiger partial charge < -0.3 is 14.8 Å². The molecular formula is C16H15N3O7. The molecule has 0 heterocycles. The number of nitrogens with zero attached hydrogens (tertiary/aromatic N) is 2. The molecule has 2 aromatic rings. The fraction of sp³-hybridized carbons (Fsp3) is 0.188. The Balaban J connectivity index is 2.50. The first-order valence-corrected chi connectivity index (χ1v) is 7.25. The summed E-state index contributed by atoms with van der Waals surface area (Å²) in [7, 11) is 2.62. The number of amides is 1. The SMILES string of the molecule is COc1cc(C(=O)Nc2ccc(C)cc2[N+](=O)[O-])c([N+](=O)[O-])cc1OC. The summed E-state index contributed by atoms with van der Waals surface area (Å²) in [6.45, 7) is 1.66. The Morgan fingerprint density at radius 3 is 2.08 bits per heavy atom. The van der Waals surface area contributed by atoms with E-state index in [0.29, 0.717) is 5.56 Å². The Hall–Kier alpha value is -3.69. The van der Waals surface area contributed by atoms with E-state index < -0.39 is 21.4 Å². The topological polar surface area (TPSA) is 134 Å². The predicted octanol–water partition coefficient (Wildman–Crippen LogP) is 3.08. The van der Waals surface area contributed by atoms with Crippen molar-refractivity contribution in [3.8, 4) is 11.5 Å². The van der Waals surface area contributed by atoms with Crippen molar-refractivity contribution >= 4 is 23.0 Å². The van der Waals surface area contributed by atoms with Gasteiger partial charge in [0.1, 0.15) is 11.3 Å². The molecule has 0 spiro atoms. The van der Waals surface area contributed by atoms with Crippen molar-refractivity contribution in [1.82, 2.24) is 0 Å². The van der Waals surface area contributed by atoms with Crippen molar-refractivity contribution < 1.29 is 24.1 Å². The maximum Gasteiger partial charge on any atom is 0.293 e. The van der Waals surface area contributed by atoms with Gasteiger partial charge in [-0.3, -0.25) is 25.0 Å². The van der Waals surface area contributed by atoms with Crippen molar-refractivity contribution in [3.63, 3.8) is 0 Å². The second kappa shape index (κ2) is 7.47. The molecular weight excluding hydrogens is 346 g/mol. The molecule has 0 aliphatic rings. The van der Waals surface area contributed by atoms with Crippen LogP contribution >= 0.6 is 0 Å². The quantitative estimate of drug-likeness (QED) is 0.617. The molecule has 0 radical (unpaired) electrons. The Bertz CT molecular complexity index is 896. The lowest BCUT2D eigenvalue weighted by molar-refractivity contribution is -0.385. The van der Waals surface area contributed by atoms with E-state index in [1.54, 1.807) is 13.0 Å². The van der Waals surface area contributed by atoms with E-state index in [2.05, 4.69) is 5.32 Å². The predicted molar refractivity (Wildman–Crippen MR) is 92.0 cm³/mol. The van der Waals surface area contributed by atoms with Gasteiger partial charge in [0.05, 0.1) is 30.1 Å². The summed E-state index contributed by atoms with van der Waals surface area (Å²) < 4.78 is 10.0. The lowest BCUT2D eigenvalue weighted by Crippen LogP contribution is -2.15. The highest BCUT2D eigenvalue weighted by atomic mass is 16.6. The Labute approximate surface area is 147 Å². The second-order valence-corrected chi connectivity index (χ2v) is 5.21. The molecule has 0 saturated carbocycles. The number of methoxy groups -OCH3 is 2. The molecule has 2 rings (SSSR count). The average Bonchev–Trinajstić information content (AvgIpc) is 2.61. The molecule has 0 unspecified atom stereocenters. The lowest BCUT2D eigenvalue weighted by Gasteiger charge is -2.11. The van der Waals surface area contributed by atoms with E-state index in [4.69, 9.17) is 9.47 Å². The van der Waals surface area contributed by atoms with Gasteiger partial charge in [-0.05, 0) is 18.6 Å². The zero-order valence-electron chi connectivity index (χ0n) is 14.1. The van der Waals surface area contributed by atoms with Crippen LogP contribution in [0.25, 0.3) is 0 Å². The third kappa shape index (κ3) is 3.69. The number of nitro groups is 2. The van der Waals surface area contributed by atoms with Gasteiger partial charge in [-0.15, -0.1) is 0 Å². The molecule has 2 aromatic carbocycles. The van der Waals surface area contributed by atoms with Gasteiger partial charge in [-0.25, -0.2) is 0 Å². The van der Waals surface area contributed by atoms with Gasteiger partial charge in [0, 0.05) is 12.1 Å². The Morgan fingerprint density at radius 1 is 0.962 bits per heavy atom. The van der Waals surface area contributed by atoms with E-state index in [1.165, 1.54) is 26.4 Å².